The van der Waals surface area contributed by atoms with Crippen LogP contribution in [-0.4, -0.2) is 37.5 Å². The van der Waals surface area contributed by atoms with Gasteiger partial charge in [0.25, 0.3) is 15.9 Å². The summed E-state index contributed by atoms with van der Waals surface area (Å²) in [5.74, 6) is -0.185. The van der Waals surface area contributed by atoms with Gasteiger partial charge < -0.3 is 10.1 Å². The predicted molar refractivity (Wildman–Crippen MR) is 63.8 cm³/mol. The largest absolute Gasteiger partial charge is 0.339 e. The molecule has 1 aromatic carbocycles. The number of aryl methyl sites for hydroxylation is 1. The van der Waals surface area contributed by atoms with Gasteiger partial charge in [-0.25, -0.2) is 8.42 Å². The van der Waals surface area contributed by atoms with Crippen LogP contribution in [0, 0.1) is 6.92 Å². The maximum atomic E-state index is 12.0. The molecule has 2 N–H and O–H groups in total. The summed E-state index contributed by atoms with van der Waals surface area (Å²) in [6.07, 6.45) is 0.973. The first kappa shape index (κ1) is 13.0. The van der Waals surface area contributed by atoms with E-state index in [2.05, 4.69) is 0 Å². The molecule has 0 bridgehead atoms. The van der Waals surface area contributed by atoms with Crippen LogP contribution in [0.3, 0.4) is 0 Å². The third-order valence-electron chi connectivity index (χ3n) is 2.99. The van der Waals surface area contributed by atoms with Crippen molar-refractivity contribution in [2.45, 2.75) is 18.2 Å². The highest BCUT2D eigenvalue weighted by Crippen LogP contribution is 2.19. The van der Waals surface area contributed by atoms with Crippen LogP contribution in [0.2, 0.25) is 0 Å². The van der Waals surface area contributed by atoms with Crippen molar-refractivity contribution in [3.63, 3.8) is 0 Å². The van der Waals surface area contributed by atoms with Gasteiger partial charge in [0.1, 0.15) is 0 Å². The molecule has 18 heavy (non-hydrogen) atoms. The minimum atomic E-state index is -3.96. The Labute approximate surface area is 105 Å². The monoisotopic (exact) mass is 270 g/mol. The van der Waals surface area contributed by atoms with E-state index in [1.54, 1.807) is 24.0 Å². The molecule has 2 rings (SSSR count). The van der Waals surface area contributed by atoms with Gasteiger partial charge in [-0.1, -0.05) is 11.0 Å². The van der Waals surface area contributed by atoms with E-state index >= 15 is 0 Å². The number of nitrogens with one attached hydrogen (secondary N) is 1. The van der Waals surface area contributed by atoms with Crippen LogP contribution in [0.25, 0.3) is 0 Å². The average molecular weight is 270 g/mol. The minimum Gasteiger partial charge on any atom is -0.339 e. The third kappa shape index (κ3) is 2.24. The molecule has 0 aromatic heterocycles. The zero-order valence-electron chi connectivity index (χ0n) is 9.88. The number of carbonyl (C=O) groups excluding carboxylic acids is 1. The van der Waals surface area contributed by atoms with Crippen molar-refractivity contribution in [3.05, 3.63) is 29.3 Å². The van der Waals surface area contributed by atoms with Gasteiger partial charge in [0.05, 0.1) is 4.90 Å². The molecule has 0 saturated carbocycles. The Balaban J connectivity index is 2.40. The molecule has 1 aliphatic rings. The molecule has 1 fully saturated rings. The first-order chi connectivity index (χ1) is 8.45. The summed E-state index contributed by atoms with van der Waals surface area (Å²) in [6.45, 7) is 3.00. The van der Waals surface area contributed by atoms with Gasteiger partial charge in [-0.05, 0) is 31.0 Å². The normalized spacial score (nSPS) is 15.3. The first-order valence-corrected chi connectivity index (χ1v) is 7.00. The summed E-state index contributed by atoms with van der Waals surface area (Å²) in [5, 5.41) is 8.63. The zero-order valence-corrected chi connectivity index (χ0v) is 10.7. The van der Waals surface area contributed by atoms with E-state index < -0.39 is 10.0 Å². The third-order valence-corrected chi connectivity index (χ3v) is 4.25. The molecule has 1 aromatic rings. The highest BCUT2D eigenvalue weighted by atomic mass is 32.2. The minimum absolute atomic E-state index is 0.0867. The maximum absolute atomic E-state index is 12.0. The summed E-state index contributed by atoms with van der Waals surface area (Å²) < 4.78 is 23.1. The second-order valence-electron chi connectivity index (χ2n) is 4.22. The van der Waals surface area contributed by atoms with Crippen molar-refractivity contribution in [3.8, 4) is 0 Å². The summed E-state index contributed by atoms with van der Waals surface area (Å²) in [4.78, 5) is 14.8. The molecule has 1 saturated heterocycles. The van der Waals surface area contributed by atoms with Crippen molar-refractivity contribution in [1.82, 2.24) is 9.79 Å². The van der Waals surface area contributed by atoms with Gasteiger partial charge in [0, 0.05) is 18.7 Å². The summed E-state index contributed by atoms with van der Waals surface area (Å²) in [5.41, 5.74) is 0.783. The van der Waals surface area contributed by atoms with E-state index in [4.69, 9.17) is 5.21 Å². The molecular formula is C11H14N2O4S. The lowest BCUT2D eigenvalue weighted by Gasteiger charge is -2.31. The Morgan fingerprint density at radius 1 is 1.39 bits per heavy atom. The standard InChI is InChI=1S/C11H14N2O4S/c1-8-3-4-9(11(14)13-5-2-6-13)7-10(8)18(16,17)12-15/h3-4,7,12,15H,2,5-6H2,1H3. The van der Waals surface area contributed by atoms with Crippen LogP contribution in [0.1, 0.15) is 22.3 Å². The van der Waals surface area contributed by atoms with E-state index in [0.717, 1.165) is 6.42 Å². The van der Waals surface area contributed by atoms with Gasteiger partial charge >= 0.3 is 0 Å². The molecule has 1 heterocycles. The van der Waals surface area contributed by atoms with Gasteiger partial charge in [0.15, 0.2) is 0 Å². The smallest absolute Gasteiger partial charge is 0.262 e. The molecular weight excluding hydrogens is 256 g/mol. The number of carbonyl (C=O) groups is 1. The first-order valence-electron chi connectivity index (χ1n) is 5.51. The number of likely N-dealkylation sites (tertiary alicyclic amines) is 1. The summed E-state index contributed by atoms with van der Waals surface area (Å²) in [7, 11) is -3.96. The number of amides is 1. The molecule has 0 aliphatic carbocycles. The van der Waals surface area contributed by atoms with E-state index in [9.17, 15) is 13.2 Å². The van der Waals surface area contributed by atoms with E-state index in [0.29, 0.717) is 24.2 Å². The van der Waals surface area contributed by atoms with Crippen LogP contribution < -0.4 is 4.89 Å². The fourth-order valence-electron chi connectivity index (χ4n) is 1.77. The van der Waals surface area contributed by atoms with Crippen LogP contribution in [-0.2, 0) is 10.0 Å². The van der Waals surface area contributed by atoms with Crippen molar-refractivity contribution >= 4 is 15.9 Å². The average Bonchev–Trinajstić information content (AvgIpc) is 2.27. The van der Waals surface area contributed by atoms with E-state index in [1.165, 1.54) is 11.0 Å². The molecule has 0 radical (unpaired) electrons. The summed E-state index contributed by atoms with van der Waals surface area (Å²) >= 11 is 0. The fourth-order valence-corrected chi connectivity index (χ4v) is 2.65. The Morgan fingerprint density at radius 3 is 2.56 bits per heavy atom. The Kier molecular flexibility index (Phi) is 3.38. The quantitative estimate of drug-likeness (QED) is 0.783. The SMILES string of the molecule is Cc1ccc(C(=O)N2CCC2)cc1S(=O)(=O)NO. The number of hydrogen-bond donors (Lipinski definition) is 2. The Bertz CT molecular complexity index is 579. The lowest BCUT2D eigenvalue weighted by Crippen LogP contribution is -2.42. The number of sulfonamides is 1. The molecule has 6 nitrogen and oxygen atoms in total. The van der Waals surface area contributed by atoms with Crippen molar-refractivity contribution in [2.75, 3.05) is 13.1 Å². The summed E-state index contributed by atoms with van der Waals surface area (Å²) in [6, 6.07) is 4.43. The van der Waals surface area contributed by atoms with Crippen LogP contribution in [0.15, 0.2) is 23.1 Å². The molecule has 1 amide bonds. The second kappa shape index (κ2) is 4.68. The molecule has 7 heteroatoms. The number of rotatable bonds is 3. The second-order valence-corrected chi connectivity index (χ2v) is 5.85. The molecule has 98 valence electrons. The van der Waals surface area contributed by atoms with Gasteiger partial charge in [0.2, 0.25) is 0 Å². The van der Waals surface area contributed by atoms with E-state index in [-0.39, 0.29) is 10.8 Å². The number of hydrogen-bond acceptors (Lipinski definition) is 4. The van der Waals surface area contributed by atoms with Crippen molar-refractivity contribution in [2.24, 2.45) is 0 Å². The van der Waals surface area contributed by atoms with E-state index in [1.807, 2.05) is 0 Å². The lowest BCUT2D eigenvalue weighted by molar-refractivity contribution is 0.0651. The van der Waals surface area contributed by atoms with Gasteiger partial charge in [-0.15, -0.1) is 0 Å². The number of benzene rings is 1. The fraction of sp³-hybridized carbons (Fsp3) is 0.364. The van der Waals surface area contributed by atoms with Gasteiger partial charge in [-0.3, -0.25) is 4.79 Å². The topological polar surface area (TPSA) is 86.7 Å². The van der Waals surface area contributed by atoms with Crippen LogP contribution in [0.4, 0.5) is 0 Å². The Hall–Kier alpha value is -1.44. The highest BCUT2D eigenvalue weighted by molar-refractivity contribution is 7.89. The zero-order chi connectivity index (χ0) is 13.3. The van der Waals surface area contributed by atoms with Crippen molar-refractivity contribution in [1.29, 1.82) is 0 Å². The molecule has 0 unspecified atom stereocenters. The van der Waals surface area contributed by atoms with Crippen molar-refractivity contribution < 1.29 is 18.4 Å². The highest BCUT2D eigenvalue weighted by Gasteiger charge is 2.24. The Morgan fingerprint density at radius 2 is 2.06 bits per heavy atom. The molecule has 0 atom stereocenters. The van der Waals surface area contributed by atoms with Crippen LogP contribution >= 0.6 is 0 Å². The molecule has 0 spiro atoms. The number of nitrogens with zero attached hydrogens (tertiary/aromatic N) is 1. The maximum Gasteiger partial charge on any atom is 0.262 e. The molecule has 1 aliphatic heterocycles. The predicted octanol–water partition coefficient (Wildman–Crippen LogP) is 0.508. The van der Waals surface area contributed by atoms with Crippen LogP contribution in [0.5, 0.6) is 0 Å². The lowest BCUT2D eigenvalue weighted by atomic mass is 10.1. The van der Waals surface area contributed by atoms with Gasteiger partial charge in [-0.2, -0.15) is 0 Å².